The van der Waals surface area contributed by atoms with Crippen molar-refractivity contribution in [2.75, 3.05) is 5.88 Å². The maximum atomic E-state index is 11.8. The van der Waals surface area contributed by atoms with Crippen LogP contribution in [-0.4, -0.2) is 29.4 Å². The largest absolute Gasteiger partial charge is 0.444 e. The minimum atomic E-state index is -0.627. The summed E-state index contributed by atoms with van der Waals surface area (Å²) in [6.07, 6.45) is 0.581. The van der Waals surface area contributed by atoms with Crippen LogP contribution >= 0.6 is 11.6 Å². The second-order valence-electron chi connectivity index (χ2n) is 5.82. The van der Waals surface area contributed by atoms with Crippen molar-refractivity contribution in [1.82, 2.24) is 5.32 Å². The van der Waals surface area contributed by atoms with Gasteiger partial charge in [0.25, 0.3) is 0 Å². The van der Waals surface area contributed by atoms with Gasteiger partial charge in [-0.3, -0.25) is 4.79 Å². The number of benzene rings is 1. The summed E-state index contributed by atoms with van der Waals surface area (Å²) >= 11 is 5.60. The Morgan fingerprint density at radius 2 is 1.86 bits per heavy atom. The van der Waals surface area contributed by atoms with Crippen LogP contribution in [0.25, 0.3) is 0 Å². The van der Waals surface area contributed by atoms with E-state index in [1.807, 2.05) is 30.3 Å². The molecule has 1 aromatic rings. The molecule has 1 atom stereocenters. The third kappa shape index (κ3) is 7.14. The molecule has 1 rings (SSSR count). The van der Waals surface area contributed by atoms with Gasteiger partial charge in [-0.1, -0.05) is 30.3 Å². The van der Waals surface area contributed by atoms with Crippen LogP contribution in [0.3, 0.4) is 0 Å². The summed E-state index contributed by atoms with van der Waals surface area (Å²) in [5, 5.41) is 2.60. The Hall–Kier alpha value is -1.55. The van der Waals surface area contributed by atoms with E-state index < -0.39 is 17.7 Å². The fraction of sp³-hybridized carbons (Fsp3) is 0.500. The van der Waals surface area contributed by atoms with Crippen molar-refractivity contribution >= 4 is 23.5 Å². The van der Waals surface area contributed by atoms with Crippen LogP contribution in [0.15, 0.2) is 30.3 Å². The Kier molecular flexibility index (Phi) is 6.69. The number of amides is 1. The van der Waals surface area contributed by atoms with Crippen molar-refractivity contribution in [1.29, 1.82) is 0 Å². The summed E-state index contributed by atoms with van der Waals surface area (Å²) in [6, 6.07) is 9.15. The third-order valence-electron chi connectivity index (χ3n) is 2.78. The molecule has 0 spiro atoms. The number of ether oxygens (including phenoxy) is 1. The summed E-state index contributed by atoms with van der Waals surface area (Å²) in [6.45, 7) is 5.32. The molecule has 0 aliphatic carbocycles. The standard InChI is InChI=1S/C16H22ClNO3/c1-16(2,3)21-15(20)18-13(14(19)11-17)10-9-12-7-5-4-6-8-12/h4-8,13H,9-11H2,1-3H3,(H,18,20). The van der Waals surface area contributed by atoms with Gasteiger partial charge in [0.15, 0.2) is 5.78 Å². The molecular formula is C16H22ClNO3. The van der Waals surface area contributed by atoms with Crippen LogP contribution in [0.5, 0.6) is 0 Å². The normalized spacial score (nSPS) is 12.6. The first-order valence-electron chi connectivity index (χ1n) is 6.94. The second kappa shape index (κ2) is 8.03. The zero-order chi connectivity index (χ0) is 15.9. The zero-order valence-electron chi connectivity index (χ0n) is 12.7. The summed E-state index contributed by atoms with van der Waals surface area (Å²) in [4.78, 5) is 23.6. The number of hydrogen-bond donors (Lipinski definition) is 1. The highest BCUT2D eigenvalue weighted by Gasteiger charge is 2.23. The van der Waals surface area contributed by atoms with Crippen molar-refractivity contribution in [2.24, 2.45) is 0 Å². The van der Waals surface area contributed by atoms with Crippen molar-refractivity contribution in [3.8, 4) is 0 Å². The smallest absolute Gasteiger partial charge is 0.408 e. The van der Waals surface area contributed by atoms with Crippen molar-refractivity contribution in [2.45, 2.75) is 45.3 Å². The number of hydrogen-bond acceptors (Lipinski definition) is 3. The van der Waals surface area contributed by atoms with Crippen LogP contribution in [0.2, 0.25) is 0 Å². The lowest BCUT2D eigenvalue weighted by molar-refractivity contribution is -0.118. The van der Waals surface area contributed by atoms with Crippen LogP contribution in [0.1, 0.15) is 32.8 Å². The molecule has 0 aromatic heterocycles. The molecule has 0 heterocycles. The molecule has 0 aliphatic heterocycles. The average molecular weight is 312 g/mol. The predicted molar refractivity (Wildman–Crippen MR) is 83.6 cm³/mol. The third-order valence-corrected chi connectivity index (χ3v) is 3.04. The quantitative estimate of drug-likeness (QED) is 0.820. The molecule has 116 valence electrons. The van der Waals surface area contributed by atoms with E-state index in [0.29, 0.717) is 12.8 Å². The van der Waals surface area contributed by atoms with Gasteiger partial charge in [-0.05, 0) is 39.2 Å². The van der Waals surface area contributed by atoms with Gasteiger partial charge in [-0.25, -0.2) is 4.79 Å². The maximum absolute atomic E-state index is 11.8. The molecule has 1 unspecified atom stereocenters. The number of alkyl carbamates (subject to hydrolysis) is 1. The Bertz CT molecular complexity index is 468. The minimum Gasteiger partial charge on any atom is -0.444 e. The highest BCUT2D eigenvalue weighted by molar-refractivity contribution is 6.28. The number of Topliss-reactive ketones (excluding diaryl/α,β-unsaturated/α-hetero) is 1. The predicted octanol–water partition coefficient (Wildman–Crippen LogP) is 3.32. The SMILES string of the molecule is CC(C)(C)OC(=O)NC(CCc1ccccc1)C(=O)CCl. The van der Waals surface area contributed by atoms with Gasteiger partial charge in [-0.2, -0.15) is 0 Å². The monoisotopic (exact) mass is 311 g/mol. The average Bonchev–Trinajstić information content (AvgIpc) is 2.41. The van der Waals surface area contributed by atoms with E-state index in [-0.39, 0.29) is 11.7 Å². The van der Waals surface area contributed by atoms with Crippen LogP contribution in [0.4, 0.5) is 4.79 Å². The van der Waals surface area contributed by atoms with Crippen molar-refractivity contribution < 1.29 is 14.3 Å². The summed E-state index contributed by atoms with van der Waals surface area (Å²) < 4.78 is 5.17. The van der Waals surface area contributed by atoms with Crippen molar-refractivity contribution in [3.05, 3.63) is 35.9 Å². The highest BCUT2D eigenvalue weighted by atomic mass is 35.5. The number of ketones is 1. The number of halogens is 1. The molecule has 0 saturated carbocycles. The van der Waals surface area contributed by atoms with Gasteiger partial charge < -0.3 is 10.1 Å². The molecule has 1 amide bonds. The number of rotatable bonds is 6. The molecular weight excluding hydrogens is 290 g/mol. The highest BCUT2D eigenvalue weighted by Crippen LogP contribution is 2.10. The number of nitrogens with one attached hydrogen (secondary N) is 1. The summed E-state index contributed by atoms with van der Waals surface area (Å²) in [7, 11) is 0. The molecule has 0 bridgehead atoms. The van der Waals surface area contributed by atoms with Gasteiger partial charge in [-0.15, -0.1) is 11.6 Å². The number of alkyl halides is 1. The van der Waals surface area contributed by atoms with E-state index in [0.717, 1.165) is 5.56 Å². The Morgan fingerprint density at radius 3 is 2.38 bits per heavy atom. The maximum Gasteiger partial charge on any atom is 0.408 e. The van der Waals surface area contributed by atoms with E-state index in [4.69, 9.17) is 16.3 Å². The molecule has 0 aliphatic rings. The lowest BCUT2D eigenvalue weighted by Gasteiger charge is -2.22. The number of carbonyl (C=O) groups is 2. The van der Waals surface area contributed by atoms with Gasteiger partial charge in [0.05, 0.1) is 11.9 Å². The van der Waals surface area contributed by atoms with E-state index in [1.165, 1.54) is 0 Å². The van der Waals surface area contributed by atoms with E-state index >= 15 is 0 Å². The Labute approximate surface area is 130 Å². The number of aryl methyl sites for hydroxylation is 1. The first-order valence-corrected chi connectivity index (χ1v) is 7.47. The van der Waals surface area contributed by atoms with Gasteiger partial charge in [0, 0.05) is 0 Å². The Morgan fingerprint density at radius 1 is 1.24 bits per heavy atom. The van der Waals surface area contributed by atoms with Gasteiger partial charge >= 0.3 is 6.09 Å². The number of carbonyl (C=O) groups excluding carboxylic acids is 2. The molecule has 4 nitrogen and oxygen atoms in total. The lowest BCUT2D eigenvalue weighted by atomic mass is 10.0. The molecule has 1 aromatic carbocycles. The van der Waals surface area contributed by atoms with Crippen LogP contribution < -0.4 is 5.32 Å². The molecule has 5 heteroatoms. The first-order chi connectivity index (χ1) is 9.81. The fourth-order valence-electron chi connectivity index (χ4n) is 1.81. The minimum absolute atomic E-state index is 0.130. The molecule has 1 N–H and O–H groups in total. The molecule has 0 fully saturated rings. The van der Waals surface area contributed by atoms with Gasteiger partial charge in [0.1, 0.15) is 5.60 Å². The zero-order valence-corrected chi connectivity index (χ0v) is 13.4. The molecule has 0 radical (unpaired) electrons. The Balaban J connectivity index is 2.60. The first kappa shape index (κ1) is 17.5. The summed E-state index contributed by atoms with van der Waals surface area (Å²) in [5.74, 6) is -0.339. The topological polar surface area (TPSA) is 55.4 Å². The van der Waals surface area contributed by atoms with Crippen molar-refractivity contribution in [3.63, 3.8) is 0 Å². The molecule has 21 heavy (non-hydrogen) atoms. The van der Waals surface area contributed by atoms with E-state index in [9.17, 15) is 9.59 Å². The van der Waals surface area contributed by atoms with E-state index in [2.05, 4.69) is 5.32 Å². The lowest BCUT2D eigenvalue weighted by Crippen LogP contribution is -2.44. The van der Waals surface area contributed by atoms with Crippen LogP contribution in [-0.2, 0) is 16.0 Å². The fourth-order valence-corrected chi connectivity index (χ4v) is 2.00. The second-order valence-corrected chi connectivity index (χ2v) is 6.09. The van der Waals surface area contributed by atoms with Gasteiger partial charge in [0.2, 0.25) is 0 Å². The van der Waals surface area contributed by atoms with E-state index in [1.54, 1.807) is 20.8 Å². The van der Waals surface area contributed by atoms with Crippen LogP contribution in [0, 0.1) is 0 Å². The summed E-state index contributed by atoms with van der Waals surface area (Å²) in [5.41, 5.74) is 0.508. The molecule has 0 saturated heterocycles.